The summed E-state index contributed by atoms with van der Waals surface area (Å²) in [5.74, 6) is 1.15. The number of carbonyl (C=O) groups is 1. The summed E-state index contributed by atoms with van der Waals surface area (Å²) in [6.45, 7) is 0.705. The summed E-state index contributed by atoms with van der Waals surface area (Å²) >= 11 is 6.23. The van der Waals surface area contributed by atoms with Gasteiger partial charge in [0.25, 0.3) is 0 Å². The molecule has 124 valence electrons. The Morgan fingerprint density at radius 3 is 2.96 bits per heavy atom. The van der Waals surface area contributed by atoms with E-state index in [4.69, 9.17) is 16.6 Å². The van der Waals surface area contributed by atoms with Crippen LogP contribution >= 0.6 is 11.6 Å². The Morgan fingerprint density at radius 2 is 2.12 bits per heavy atom. The normalized spacial score (nSPS) is 23.9. The topological polar surface area (TPSA) is 59.0 Å². The zero-order valence-electron chi connectivity index (χ0n) is 13.4. The van der Waals surface area contributed by atoms with E-state index >= 15 is 0 Å². The van der Waals surface area contributed by atoms with Gasteiger partial charge in [0.1, 0.15) is 11.0 Å². The third-order valence-electron chi connectivity index (χ3n) is 4.99. The first kappa shape index (κ1) is 15.5. The third kappa shape index (κ3) is 3.00. The molecule has 2 unspecified atom stereocenters. The summed E-state index contributed by atoms with van der Waals surface area (Å²) in [5, 5.41) is 0.436. The Balaban J connectivity index is 1.62. The van der Waals surface area contributed by atoms with E-state index in [0.29, 0.717) is 24.2 Å². The van der Waals surface area contributed by atoms with E-state index in [9.17, 15) is 4.79 Å². The molecule has 2 aliphatic rings. The third-order valence-corrected chi connectivity index (χ3v) is 5.18. The minimum atomic E-state index is 0.150. The monoisotopic (exact) mass is 342 g/mol. The molecule has 4 heterocycles. The summed E-state index contributed by atoms with van der Waals surface area (Å²) in [6, 6.07) is 6.00. The molecule has 2 aliphatic heterocycles. The highest BCUT2D eigenvalue weighted by atomic mass is 35.5. The minimum absolute atomic E-state index is 0.150. The molecule has 2 aromatic rings. The van der Waals surface area contributed by atoms with Crippen molar-refractivity contribution in [3.63, 3.8) is 0 Å². The van der Waals surface area contributed by atoms with Crippen molar-refractivity contribution in [2.75, 3.05) is 6.54 Å². The molecular weight excluding hydrogens is 324 g/mol. The van der Waals surface area contributed by atoms with E-state index in [2.05, 4.69) is 9.97 Å². The van der Waals surface area contributed by atoms with Crippen molar-refractivity contribution in [2.24, 2.45) is 0 Å². The number of aromatic nitrogens is 3. The number of pyridine rings is 1. The lowest BCUT2D eigenvalue weighted by atomic mass is 9.87. The van der Waals surface area contributed by atoms with Gasteiger partial charge in [-0.1, -0.05) is 11.6 Å². The van der Waals surface area contributed by atoms with Crippen LogP contribution in [0.15, 0.2) is 30.6 Å². The Labute approximate surface area is 146 Å². The van der Waals surface area contributed by atoms with Crippen molar-refractivity contribution in [3.8, 4) is 11.3 Å². The molecule has 0 bridgehead atoms. The van der Waals surface area contributed by atoms with Gasteiger partial charge >= 0.3 is 0 Å². The maximum Gasteiger partial charge on any atom is 0.222 e. The minimum Gasteiger partial charge on any atom is -0.339 e. The summed E-state index contributed by atoms with van der Waals surface area (Å²) in [7, 11) is 0. The number of fused-ring (bicyclic) bond motifs is 1. The smallest absolute Gasteiger partial charge is 0.222 e. The molecule has 6 heteroatoms. The van der Waals surface area contributed by atoms with Crippen LogP contribution in [0.2, 0.25) is 5.15 Å². The van der Waals surface area contributed by atoms with Crippen LogP contribution in [0.4, 0.5) is 0 Å². The Bertz CT molecular complexity index is 752. The molecule has 5 nitrogen and oxygen atoms in total. The van der Waals surface area contributed by atoms with E-state index in [1.165, 1.54) is 0 Å². The molecule has 2 saturated heterocycles. The molecule has 1 amide bonds. The Kier molecular flexibility index (Phi) is 4.19. The van der Waals surface area contributed by atoms with Gasteiger partial charge in [0.2, 0.25) is 5.91 Å². The SMILES string of the molecule is O=C1CCCC2CCC(c3nc(Cl)cc(-c4cccnc4)n3)CN12. The molecule has 0 radical (unpaired) electrons. The largest absolute Gasteiger partial charge is 0.339 e. The summed E-state index contributed by atoms with van der Waals surface area (Å²) in [4.78, 5) is 27.5. The molecule has 0 N–H and O–H groups in total. The number of amides is 1. The first-order valence-corrected chi connectivity index (χ1v) is 8.83. The highest BCUT2D eigenvalue weighted by Crippen LogP contribution is 2.34. The summed E-state index contributed by atoms with van der Waals surface area (Å²) in [5.41, 5.74) is 1.70. The van der Waals surface area contributed by atoms with Gasteiger partial charge in [-0.25, -0.2) is 9.97 Å². The van der Waals surface area contributed by atoms with Gasteiger partial charge in [-0.05, 0) is 37.8 Å². The molecule has 24 heavy (non-hydrogen) atoms. The lowest BCUT2D eigenvalue weighted by Gasteiger charge is -2.42. The van der Waals surface area contributed by atoms with E-state index in [-0.39, 0.29) is 11.8 Å². The molecular formula is C18H19ClN4O. The first-order chi connectivity index (χ1) is 11.7. The van der Waals surface area contributed by atoms with Gasteiger partial charge in [-0.15, -0.1) is 0 Å². The van der Waals surface area contributed by atoms with Gasteiger partial charge in [-0.3, -0.25) is 9.78 Å². The number of nitrogens with zero attached hydrogens (tertiary/aromatic N) is 4. The van der Waals surface area contributed by atoms with E-state index in [0.717, 1.165) is 42.8 Å². The van der Waals surface area contributed by atoms with Crippen LogP contribution in [0.3, 0.4) is 0 Å². The maximum atomic E-state index is 12.2. The van der Waals surface area contributed by atoms with Crippen LogP contribution in [0.5, 0.6) is 0 Å². The number of piperidine rings is 2. The van der Waals surface area contributed by atoms with Crippen LogP contribution in [-0.2, 0) is 4.79 Å². The lowest BCUT2D eigenvalue weighted by Crippen LogP contribution is -2.48. The van der Waals surface area contributed by atoms with Crippen LogP contribution in [0.25, 0.3) is 11.3 Å². The van der Waals surface area contributed by atoms with Gasteiger partial charge in [0.15, 0.2) is 0 Å². The summed E-state index contributed by atoms with van der Waals surface area (Å²) < 4.78 is 0. The standard InChI is InChI=1S/C18H19ClN4O/c19-16-9-15(12-3-2-8-20-10-12)21-18(22-16)13-6-7-14-4-1-5-17(24)23(14)11-13/h2-3,8-10,13-14H,1,4-7,11H2. The number of rotatable bonds is 2. The molecule has 0 spiro atoms. The van der Waals surface area contributed by atoms with Crippen molar-refractivity contribution in [1.82, 2.24) is 19.9 Å². The van der Waals surface area contributed by atoms with Gasteiger partial charge in [0.05, 0.1) is 5.69 Å². The van der Waals surface area contributed by atoms with Crippen molar-refractivity contribution in [3.05, 3.63) is 41.6 Å². The van der Waals surface area contributed by atoms with Gasteiger partial charge in [0, 0.05) is 48.9 Å². The molecule has 4 rings (SSSR count). The fraction of sp³-hybridized carbons (Fsp3) is 0.444. The number of hydrogen-bond acceptors (Lipinski definition) is 4. The summed E-state index contributed by atoms with van der Waals surface area (Å²) in [6.07, 6.45) is 8.33. The average Bonchev–Trinajstić information content (AvgIpc) is 2.62. The maximum absolute atomic E-state index is 12.2. The quantitative estimate of drug-likeness (QED) is 0.784. The Morgan fingerprint density at radius 1 is 1.21 bits per heavy atom. The average molecular weight is 343 g/mol. The lowest BCUT2D eigenvalue weighted by molar-refractivity contribution is -0.138. The molecule has 0 aromatic carbocycles. The van der Waals surface area contributed by atoms with E-state index in [1.54, 1.807) is 18.5 Å². The van der Waals surface area contributed by atoms with Crippen molar-refractivity contribution in [1.29, 1.82) is 0 Å². The van der Waals surface area contributed by atoms with Gasteiger partial charge in [-0.2, -0.15) is 0 Å². The van der Waals surface area contributed by atoms with Crippen LogP contribution in [0, 0.1) is 0 Å². The van der Waals surface area contributed by atoms with Crippen LogP contribution < -0.4 is 0 Å². The highest BCUT2D eigenvalue weighted by molar-refractivity contribution is 6.29. The Hall–Kier alpha value is -2.01. The van der Waals surface area contributed by atoms with Crippen LogP contribution in [-0.4, -0.2) is 38.3 Å². The molecule has 0 saturated carbocycles. The fourth-order valence-electron chi connectivity index (χ4n) is 3.76. The van der Waals surface area contributed by atoms with E-state index in [1.807, 2.05) is 17.0 Å². The molecule has 0 aliphatic carbocycles. The van der Waals surface area contributed by atoms with Crippen LogP contribution in [0.1, 0.15) is 43.8 Å². The molecule has 2 atom stereocenters. The predicted octanol–water partition coefficient (Wildman–Crippen LogP) is 3.45. The number of halogens is 1. The number of carbonyl (C=O) groups excluding carboxylic acids is 1. The first-order valence-electron chi connectivity index (χ1n) is 8.45. The second kappa shape index (κ2) is 6.48. The number of hydrogen-bond donors (Lipinski definition) is 0. The zero-order chi connectivity index (χ0) is 16.5. The zero-order valence-corrected chi connectivity index (χ0v) is 14.1. The van der Waals surface area contributed by atoms with E-state index < -0.39 is 0 Å². The van der Waals surface area contributed by atoms with Gasteiger partial charge < -0.3 is 4.90 Å². The van der Waals surface area contributed by atoms with Crippen molar-refractivity contribution < 1.29 is 4.79 Å². The van der Waals surface area contributed by atoms with Crippen molar-refractivity contribution in [2.45, 2.75) is 44.1 Å². The van der Waals surface area contributed by atoms with Crippen molar-refractivity contribution >= 4 is 17.5 Å². The predicted molar refractivity (Wildman–Crippen MR) is 91.6 cm³/mol. The molecule has 2 aromatic heterocycles. The highest BCUT2D eigenvalue weighted by Gasteiger charge is 2.35. The second-order valence-electron chi connectivity index (χ2n) is 6.54. The second-order valence-corrected chi connectivity index (χ2v) is 6.93. The molecule has 2 fully saturated rings. The fourth-order valence-corrected chi connectivity index (χ4v) is 3.95.